The fraction of sp³-hybridized carbons (Fsp3) is 0.526. The van der Waals surface area contributed by atoms with Crippen LogP contribution in [0.5, 0.6) is 5.75 Å². The maximum atomic E-state index is 11.2. The number of non-ortho nitro benzene ring substituents is 1. The normalized spacial score (nSPS) is 11.7. The maximum absolute atomic E-state index is 11.2. The van der Waals surface area contributed by atoms with Gasteiger partial charge in [0.05, 0.1) is 21.6 Å². The lowest BCUT2D eigenvalue weighted by Crippen LogP contribution is -2.03. The second kappa shape index (κ2) is 12.6. The first-order valence-electron chi connectivity index (χ1n) is 9.26. The minimum absolute atomic E-state index is 0.0971. The molecular formula is C19H27N3O5. The van der Waals surface area contributed by atoms with Crippen molar-refractivity contribution in [1.29, 1.82) is 0 Å². The van der Waals surface area contributed by atoms with E-state index in [-0.39, 0.29) is 11.4 Å². The van der Waals surface area contributed by atoms with Gasteiger partial charge < -0.3 is 4.84 Å². The minimum Gasteiger partial charge on any atom is -0.350 e. The van der Waals surface area contributed by atoms with Gasteiger partial charge in [0.2, 0.25) is 5.75 Å². The highest BCUT2D eigenvalue weighted by Gasteiger charge is 2.21. The Morgan fingerprint density at radius 1 is 1.11 bits per heavy atom. The molecule has 0 aliphatic heterocycles. The Morgan fingerprint density at radius 2 is 1.85 bits per heavy atom. The number of oxime groups is 1. The van der Waals surface area contributed by atoms with Crippen LogP contribution in [0.4, 0.5) is 11.4 Å². The Kier molecular flexibility index (Phi) is 10.4. The summed E-state index contributed by atoms with van der Waals surface area (Å²) in [5, 5.41) is 26.1. The third-order valence-electron chi connectivity index (χ3n) is 4.03. The minimum atomic E-state index is -0.706. The molecule has 27 heavy (non-hydrogen) atoms. The summed E-state index contributed by atoms with van der Waals surface area (Å²) < 4.78 is 0. The molecule has 8 heteroatoms. The van der Waals surface area contributed by atoms with Crippen molar-refractivity contribution in [2.45, 2.75) is 65.2 Å². The highest BCUT2D eigenvalue weighted by molar-refractivity contribution is 5.84. The second-order valence-electron chi connectivity index (χ2n) is 6.19. The summed E-state index contributed by atoms with van der Waals surface area (Å²) in [4.78, 5) is 25.9. The van der Waals surface area contributed by atoms with Gasteiger partial charge in [-0.3, -0.25) is 20.2 Å². The van der Waals surface area contributed by atoms with Gasteiger partial charge in [-0.15, -0.1) is 0 Å². The van der Waals surface area contributed by atoms with E-state index >= 15 is 0 Å². The van der Waals surface area contributed by atoms with Gasteiger partial charge in [0, 0.05) is 6.07 Å². The summed E-state index contributed by atoms with van der Waals surface area (Å²) in [5.41, 5.74) is 0.00297. The molecule has 0 N–H and O–H groups in total. The number of allylic oxidation sites excluding steroid dienone is 2. The Balaban J connectivity index is 2.86. The van der Waals surface area contributed by atoms with Gasteiger partial charge >= 0.3 is 5.69 Å². The molecule has 0 aromatic heterocycles. The number of rotatable bonds is 13. The zero-order valence-corrected chi connectivity index (χ0v) is 15.9. The summed E-state index contributed by atoms with van der Waals surface area (Å²) in [6.07, 6.45) is 11.9. The quantitative estimate of drug-likeness (QED) is 0.139. The number of benzene rings is 1. The number of unbranched alkanes of at least 4 members (excludes halogenated alkanes) is 4. The third kappa shape index (κ3) is 8.44. The zero-order chi connectivity index (χ0) is 20.1. The molecule has 0 spiro atoms. The highest BCUT2D eigenvalue weighted by Crippen LogP contribution is 2.31. The smallest absolute Gasteiger partial charge is 0.321 e. The predicted octanol–water partition coefficient (Wildman–Crippen LogP) is 5.95. The van der Waals surface area contributed by atoms with Crippen LogP contribution in [-0.2, 0) is 0 Å². The van der Waals surface area contributed by atoms with E-state index in [1.165, 1.54) is 31.4 Å². The topological polar surface area (TPSA) is 108 Å². The van der Waals surface area contributed by atoms with Crippen LogP contribution in [0.25, 0.3) is 0 Å². The second-order valence-corrected chi connectivity index (χ2v) is 6.19. The van der Waals surface area contributed by atoms with Crippen molar-refractivity contribution in [3.05, 3.63) is 50.6 Å². The third-order valence-corrected chi connectivity index (χ3v) is 4.03. The molecule has 0 saturated heterocycles. The van der Waals surface area contributed by atoms with E-state index < -0.39 is 15.5 Å². The van der Waals surface area contributed by atoms with Crippen LogP contribution in [0.3, 0.4) is 0 Å². The average Bonchev–Trinajstić information content (AvgIpc) is 2.65. The molecule has 148 valence electrons. The molecule has 0 saturated carbocycles. The van der Waals surface area contributed by atoms with Gasteiger partial charge in [0.1, 0.15) is 0 Å². The number of hydrogen-bond acceptors (Lipinski definition) is 6. The molecule has 1 aromatic rings. The molecule has 1 aromatic carbocycles. The van der Waals surface area contributed by atoms with Gasteiger partial charge in [-0.25, -0.2) is 0 Å². The van der Waals surface area contributed by atoms with Crippen LogP contribution in [0.1, 0.15) is 65.2 Å². The Hall–Kier alpha value is -2.77. The SMILES string of the molecule is C/C=C/CC/C(CCCCCCC)=N\Oc1ccc([N+](=O)[O-])cc1[N+](=O)[O-]. The summed E-state index contributed by atoms with van der Waals surface area (Å²) >= 11 is 0. The fourth-order valence-electron chi connectivity index (χ4n) is 2.52. The molecule has 0 aliphatic carbocycles. The van der Waals surface area contributed by atoms with Crippen LogP contribution in [-0.4, -0.2) is 15.6 Å². The molecule has 0 unspecified atom stereocenters. The molecule has 0 radical (unpaired) electrons. The van der Waals surface area contributed by atoms with Crippen molar-refractivity contribution in [2.24, 2.45) is 5.16 Å². The Labute approximate surface area is 159 Å². The van der Waals surface area contributed by atoms with Gasteiger partial charge in [0.25, 0.3) is 5.69 Å². The number of nitro groups is 2. The van der Waals surface area contributed by atoms with Gasteiger partial charge in [-0.1, -0.05) is 49.9 Å². The van der Waals surface area contributed by atoms with Crippen molar-refractivity contribution < 1.29 is 14.7 Å². The molecule has 0 heterocycles. The summed E-state index contributed by atoms with van der Waals surface area (Å²) in [5.74, 6) is -0.0971. The van der Waals surface area contributed by atoms with Crippen LogP contribution >= 0.6 is 0 Å². The van der Waals surface area contributed by atoms with Crippen molar-refractivity contribution in [3.8, 4) is 5.75 Å². The Morgan fingerprint density at radius 3 is 2.48 bits per heavy atom. The van der Waals surface area contributed by atoms with Crippen LogP contribution in [0.2, 0.25) is 0 Å². The first-order chi connectivity index (χ1) is 13.0. The molecule has 1 rings (SSSR count). The summed E-state index contributed by atoms with van der Waals surface area (Å²) in [6.45, 7) is 4.10. The van der Waals surface area contributed by atoms with Crippen LogP contribution in [0, 0.1) is 20.2 Å². The Bertz CT molecular complexity index is 686. The van der Waals surface area contributed by atoms with E-state index in [1.807, 2.05) is 19.1 Å². The maximum Gasteiger partial charge on any atom is 0.321 e. The molecular weight excluding hydrogens is 350 g/mol. The van der Waals surface area contributed by atoms with Crippen molar-refractivity contribution in [2.75, 3.05) is 0 Å². The lowest BCUT2D eigenvalue weighted by Gasteiger charge is -2.06. The van der Waals surface area contributed by atoms with Crippen molar-refractivity contribution in [1.82, 2.24) is 0 Å². The largest absolute Gasteiger partial charge is 0.350 e. The first kappa shape index (κ1) is 22.3. The number of nitrogens with zero attached hydrogens (tertiary/aromatic N) is 3. The zero-order valence-electron chi connectivity index (χ0n) is 15.9. The van der Waals surface area contributed by atoms with Gasteiger partial charge in [0.15, 0.2) is 0 Å². The molecule has 0 bridgehead atoms. The van der Waals surface area contributed by atoms with Crippen LogP contribution < -0.4 is 4.84 Å². The fourth-order valence-corrected chi connectivity index (χ4v) is 2.52. The van der Waals surface area contributed by atoms with E-state index in [4.69, 9.17) is 4.84 Å². The van der Waals surface area contributed by atoms with Crippen LogP contribution in [0.15, 0.2) is 35.5 Å². The monoisotopic (exact) mass is 377 g/mol. The van der Waals surface area contributed by atoms with E-state index in [9.17, 15) is 20.2 Å². The number of nitro benzene ring substituents is 2. The van der Waals surface area contributed by atoms with Crippen molar-refractivity contribution >= 4 is 17.1 Å². The first-order valence-corrected chi connectivity index (χ1v) is 9.26. The van der Waals surface area contributed by atoms with E-state index in [1.54, 1.807) is 0 Å². The summed E-state index contributed by atoms with van der Waals surface area (Å²) in [6, 6.07) is 3.27. The van der Waals surface area contributed by atoms with Gasteiger partial charge in [-0.05, 0) is 38.7 Å². The molecule has 0 aliphatic rings. The van der Waals surface area contributed by atoms with E-state index in [0.29, 0.717) is 6.42 Å². The van der Waals surface area contributed by atoms with Gasteiger partial charge in [-0.2, -0.15) is 0 Å². The molecule has 8 nitrogen and oxygen atoms in total. The molecule has 0 fully saturated rings. The lowest BCUT2D eigenvalue weighted by atomic mass is 10.1. The standard InChI is InChI=1S/C19H27N3O5/c1-3-5-7-8-10-12-16(11-9-6-4-2)20-27-19-14-13-17(21(23)24)15-18(19)22(25)26/h4,6,13-15H,3,5,7-12H2,1-2H3/b6-4+,20-16+. The number of hydrogen-bond donors (Lipinski definition) is 0. The van der Waals surface area contributed by atoms with E-state index in [0.717, 1.165) is 37.5 Å². The molecule has 0 atom stereocenters. The van der Waals surface area contributed by atoms with E-state index in [2.05, 4.69) is 12.1 Å². The highest BCUT2D eigenvalue weighted by atomic mass is 16.7. The lowest BCUT2D eigenvalue weighted by molar-refractivity contribution is -0.394. The predicted molar refractivity (Wildman–Crippen MR) is 105 cm³/mol. The van der Waals surface area contributed by atoms with Crippen molar-refractivity contribution in [3.63, 3.8) is 0 Å². The summed E-state index contributed by atoms with van der Waals surface area (Å²) in [7, 11) is 0. The molecule has 0 amide bonds. The average molecular weight is 377 g/mol.